The summed E-state index contributed by atoms with van der Waals surface area (Å²) in [6.07, 6.45) is -3.78. The highest BCUT2D eigenvalue weighted by molar-refractivity contribution is 5.88. The molecular weight excluding hydrogens is 536 g/mol. The van der Waals surface area contributed by atoms with Crippen molar-refractivity contribution in [3.8, 4) is 11.5 Å². The molecule has 0 bridgehead atoms. The fourth-order valence-electron chi connectivity index (χ4n) is 4.76. The van der Waals surface area contributed by atoms with Crippen LogP contribution in [0.1, 0.15) is 5.56 Å². The smallest absolute Gasteiger partial charge is 0.335 e. The lowest BCUT2D eigenvalue weighted by molar-refractivity contribution is -0.346. The van der Waals surface area contributed by atoms with Gasteiger partial charge in [-0.05, 0) is 23.8 Å². The number of carboxylic acids is 1. The van der Waals surface area contributed by atoms with Crippen LogP contribution in [0, 0.1) is 11.8 Å². The number of aliphatic carboxylic acids is 1. The van der Waals surface area contributed by atoms with Crippen LogP contribution in [-0.4, -0.2) is 111 Å². The summed E-state index contributed by atoms with van der Waals surface area (Å²) in [4.78, 5) is 23.9. The summed E-state index contributed by atoms with van der Waals surface area (Å²) < 4.78 is 26.7. The van der Waals surface area contributed by atoms with Gasteiger partial charge < -0.3 is 59.4 Å². The minimum Gasteiger partial charge on any atom is -0.504 e. The van der Waals surface area contributed by atoms with Crippen LogP contribution in [0.25, 0.3) is 6.08 Å². The van der Waals surface area contributed by atoms with Crippen molar-refractivity contribution in [3.63, 3.8) is 0 Å². The highest BCUT2D eigenvalue weighted by Crippen LogP contribution is 2.45. The summed E-state index contributed by atoms with van der Waals surface area (Å²) >= 11 is 0. The Bertz CT molecular complexity index is 1190. The number of fused-ring (bicyclic) bond motifs is 1. The standard InChI is InChI=1S/C26H30O14/c1-36-16-8-12(2-4-15(16)28)3-5-18(29)37-10-17-20(30)21(31)22(32)25(39-17)40-24-19-13(6-7-26(19,35)11-27)14(9-38-24)23(33)34/h2-9,13,17,19-22,24-25,27-28,30-32,35H,10-11H2,1H3,(H,33,34)/t13-,17-,19-,20-,21+,22-,24+,25+,26+/m1/s1. The summed E-state index contributed by atoms with van der Waals surface area (Å²) in [6.45, 7) is -1.35. The van der Waals surface area contributed by atoms with Gasteiger partial charge in [-0.15, -0.1) is 0 Å². The van der Waals surface area contributed by atoms with Crippen LogP contribution < -0.4 is 4.74 Å². The third-order valence-electron chi connectivity index (χ3n) is 6.98. The molecule has 1 fully saturated rings. The van der Waals surface area contributed by atoms with E-state index < -0.39 is 79.6 Å². The number of rotatable bonds is 9. The number of aromatic hydroxyl groups is 1. The molecule has 218 valence electrons. The zero-order valence-corrected chi connectivity index (χ0v) is 21.1. The number of benzene rings is 1. The quantitative estimate of drug-likeness (QED) is 0.104. The van der Waals surface area contributed by atoms with Crippen LogP contribution in [0.2, 0.25) is 0 Å². The van der Waals surface area contributed by atoms with Gasteiger partial charge in [-0.3, -0.25) is 0 Å². The van der Waals surface area contributed by atoms with Crippen LogP contribution in [0.4, 0.5) is 0 Å². The monoisotopic (exact) mass is 566 g/mol. The van der Waals surface area contributed by atoms with Gasteiger partial charge in [0, 0.05) is 12.0 Å². The lowest BCUT2D eigenvalue weighted by Crippen LogP contribution is -2.61. The van der Waals surface area contributed by atoms with E-state index in [9.17, 15) is 45.3 Å². The van der Waals surface area contributed by atoms with Gasteiger partial charge in [0.2, 0.25) is 6.29 Å². The maximum Gasteiger partial charge on any atom is 0.335 e. The third-order valence-corrected chi connectivity index (χ3v) is 6.98. The number of carbonyl (C=O) groups is 2. The Morgan fingerprint density at radius 3 is 2.55 bits per heavy atom. The minimum absolute atomic E-state index is 0.0825. The largest absolute Gasteiger partial charge is 0.504 e. The third kappa shape index (κ3) is 5.83. The maximum absolute atomic E-state index is 12.2. The van der Waals surface area contributed by atoms with E-state index >= 15 is 0 Å². The molecule has 9 atom stereocenters. The zero-order valence-electron chi connectivity index (χ0n) is 21.1. The zero-order chi connectivity index (χ0) is 29.2. The van der Waals surface area contributed by atoms with Crippen LogP contribution in [0.5, 0.6) is 11.5 Å². The molecule has 14 heteroatoms. The number of phenols is 1. The van der Waals surface area contributed by atoms with Gasteiger partial charge in [-0.1, -0.05) is 18.2 Å². The molecule has 2 heterocycles. The Balaban J connectivity index is 1.42. The number of phenolic OH excluding ortho intramolecular Hbond substituents is 1. The number of hydrogen-bond acceptors (Lipinski definition) is 13. The van der Waals surface area contributed by atoms with E-state index in [1.54, 1.807) is 0 Å². The molecular formula is C26H30O14. The second-order valence-electron chi connectivity index (χ2n) is 9.49. The molecule has 7 N–H and O–H groups in total. The molecule has 1 aromatic carbocycles. The van der Waals surface area contributed by atoms with E-state index in [0.29, 0.717) is 5.56 Å². The molecule has 4 rings (SSSR count). The number of allylic oxidation sites excluding steroid dienone is 1. The van der Waals surface area contributed by atoms with E-state index in [1.165, 1.54) is 43.5 Å². The summed E-state index contributed by atoms with van der Waals surface area (Å²) in [5.41, 5.74) is -1.61. The normalized spacial score (nSPS) is 35.1. The Labute approximate surface area is 227 Å². The second-order valence-corrected chi connectivity index (χ2v) is 9.49. The van der Waals surface area contributed by atoms with Gasteiger partial charge in [0.15, 0.2) is 17.8 Å². The van der Waals surface area contributed by atoms with E-state index in [2.05, 4.69) is 0 Å². The Hall–Kier alpha value is -3.50. The fraction of sp³-hybridized carbons (Fsp3) is 0.462. The van der Waals surface area contributed by atoms with Crippen LogP contribution in [0.3, 0.4) is 0 Å². The SMILES string of the molecule is COc1cc(C=CC(=O)OC[C@H]2O[C@@H](O[C@@H]3OC=C(C(=O)O)[C@H]4C=C[C@](O)(CO)[C@@H]34)[C@H](O)[C@@H](O)[C@@H]2O)ccc1O. The predicted octanol–water partition coefficient (Wildman–Crippen LogP) is -1.37. The molecule has 2 aliphatic heterocycles. The first-order valence-corrected chi connectivity index (χ1v) is 12.2. The minimum atomic E-state index is -1.93. The van der Waals surface area contributed by atoms with Gasteiger partial charge in [0.25, 0.3) is 0 Å². The molecule has 1 saturated heterocycles. The van der Waals surface area contributed by atoms with E-state index in [1.807, 2.05) is 0 Å². The van der Waals surface area contributed by atoms with Crippen LogP contribution in [0.15, 0.2) is 48.3 Å². The molecule has 0 saturated carbocycles. The predicted molar refractivity (Wildman–Crippen MR) is 131 cm³/mol. The van der Waals surface area contributed by atoms with Gasteiger partial charge in [-0.2, -0.15) is 0 Å². The molecule has 0 radical (unpaired) electrons. The lowest BCUT2D eigenvalue weighted by atomic mass is 9.79. The molecule has 40 heavy (non-hydrogen) atoms. The first-order valence-electron chi connectivity index (χ1n) is 12.2. The first kappa shape index (κ1) is 29.5. The van der Waals surface area contributed by atoms with Crippen molar-refractivity contribution in [2.45, 2.75) is 42.6 Å². The number of ether oxygens (including phenoxy) is 5. The van der Waals surface area contributed by atoms with Gasteiger partial charge in [-0.25, -0.2) is 9.59 Å². The molecule has 0 amide bonds. The number of carboxylic acid groups (broad SMARTS) is 1. The summed E-state index contributed by atoms with van der Waals surface area (Å²) in [7, 11) is 1.37. The number of methoxy groups -OCH3 is 1. The first-order chi connectivity index (χ1) is 19.0. The maximum atomic E-state index is 12.2. The summed E-state index contributed by atoms with van der Waals surface area (Å²) in [5.74, 6) is -4.11. The summed E-state index contributed by atoms with van der Waals surface area (Å²) in [5, 5.41) is 70.9. The number of aliphatic hydroxyl groups is 5. The number of hydrogen-bond donors (Lipinski definition) is 7. The van der Waals surface area contributed by atoms with Crippen molar-refractivity contribution in [3.05, 3.63) is 53.8 Å². The molecule has 14 nitrogen and oxygen atoms in total. The topological polar surface area (TPSA) is 222 Å². The van der Waals surface area contributed by atoms with Gasteiger partial charge in [0.1, 0.15) is 36.6 Å². The Morgan fingerprint density at radius 2 is 1.88 bits per heavy atom. The molecule has 3 aliphatic rings. The Morgan fingerprint density at radius 1 is 1.12 bits per heavy atom. The molecule has 1 aliphatic carbocycles. The van der Waals surface area contributed by atoms with E-state index in [0.717, 1.165) is 12.3 Å². The highest BCUT2D eigenvalue weighted by Gasteiger charge is 2.55. The number of carbonyl (C=O) groups excluding carboxylic acids is 1. The van der Waals surface area contributed by atoms with Crippen molar-refractivity contribution < 1.29 is 69.0 Å². The molecule has 0 unspecified atom stereocenters. The molecule has 0 aromatic heterocycles. The van der Waals surface area contributed by atoms with E-state index in [4.69, 9.17) is 23.7 Å². The van der Waals surface area contributed by atoms with Crippen molar-refractivity contribution in [1.29, 1.82) is 0 Å². The average Bonchev–Trinajstić information content (AvgIpc) is 3.30. The van der Waals surface area contributed by atoms with Crippen molar-refractivity contribution in [1.82, 2.24) is 0 Å². The highest BCUT2D eigenvalue weighted by atomic mass is 16.8. The lowest BCUT2D eigenvalue weighted by Gasteiger charge is -2.44. The average molecular weight is 567 g/mol. The van der Waals surface area contributed by atoms with Crippen LogP contribution >= 0.6 is 0 Å². The van der Waals surface area contributed by atoms with Crippen LogP contribution in [-0.2, 0) is 28.5 Å². The number of aliphatic hydroxyl groups excluding tert-OH is 4. The van der Waals surface area contributed by atoms with Gasteiger partial charge in [0.05, 0.1) is 31.5 Å². The van der Waals surface area contributed by atoms with Crippen molar-refractivity contribution in [2.24, 2.45) is 11.8 Å². The molecule has 0 spiro atoms. The van der Waals surface area contributed by atoms with Crippen molar-refractivity contribution in [2.75, 3.05) is 20.3 Å². The number of esters is 1. The van der Waals surface area contributed by atoms with E-state index in [-0.39, 0.29) is 17.1 Å². The Kier molecular flexibility index (Phi) is 8.80. The fourth-order valence-corrected chi connectivity index (χ4v) is 4.76. The summed E-state index contributed by atoms with van der Waals surface area (Å²) in [6, 6.07) is 4.39. The second kappa shape index (κ2) is 11.9. The van der Waals surface area contributed by atoms with Crippen molar-refractivity contribution >= 4 is 18.0 Å². The molecule has 1 aromatic rings. The van der Waals surface area contributed by atoms with Gasteiger partial charge >= 0.3 is 11.9 Å².